The first kappa shape index (κ1) is 17.2. The van der Waals surface area contributed by atoms with Crippen molar-refractivity contribution >= 4 is 11.8 Å². The van der Waals surface area contributed by atoms with Crippen LogP contribution in [0.2, 0.25) is 0 Å². The number of benzene rings is 2. The van der Waals surface area contributed by atoms with E-state index in [1.165, 1.54) is 0 Å². The Morgan fingerprint density at radius 2 is 1.72 bits per heavy atom. The highest BCUT2D eigenvalue weighted by Crippen LogP contribution is 2.41. The number of carbonyl (C=O) groups is 2. The van der Waals surface area contributed by atoms with E-state index < -0.39 is 5.92 Å². The van der Waals surface area contributed by atoms with Crippen molar-refractivity contribution in [3.05, 3.63) is 82.9 Å². The molecule has 0 fully saturated rings. The van der Waals surface area contributed by atoms with E-state index in [1.807, 2.05) is 67.6 Å². The molecule has 0 radical (unpaired) electrons. The zero-order chi connectivity index (χ0) is 17.8. The van der Waals surface area contributed by atoms with Gasteiger partial charge < -0.3 is 4.74 Å². The number of hydrogen-bond donors (Lipinski definition) is 0. The number of hydrogen-bond acceptors (Lipinski definition) is 3. The average molecular weight is 334 g/mol. The van der Waals surface area contributed by atoms with E-state index in [2.05, 4.69) is 0 Å². The largest absolute Gasteiger partial charge is 0.463 e. The molecule has 3 heteroatoms. The van der Waals surface area contributed by atoms with Crippen molar-refractivity contribution in [3.63, 3.8) is 0 Å². The molecule has 0 bridgehead atoms. The van der Waals surface area contributed by atoms with E-state index in [0.717, 1.165) is 11.1 Å². The molecule has 1 aliphatic rings. The molecule has 2 aromatic rings. The minimum absolute atomic E-state index is 0.0225. The molecule has 3 rings (SSSR count). The number of ether oxygens (including phenoxy) is 1. The fourth-order valence-electron chi connectivity index (χ4n) is 3.41. The van der Waals surface area contributed by atoms with Crippen LogP contribution in [0.1, 0.15) is 40.7 Å². The van der Waals surface area contributed by atoms with Crippen LogP contribution in [0.5, 0.6) is 0 Å². The van der Waals surface area contributed by atoms with Gasteiger partial charge >= 0.3 is 5.97 Å². The summed E-state index contributed by atoms with van der Waals surface area (Å²) in [6.07, 6.45) is 2.53. The van der Waals surface area contributed by atoms with E-state index in [1.54, 1.807) is 6.92 Å². The van der Waals surface area contributed by atoms with Crippen molar-refractivity contribution in [2.45, 2.75) is 26.2 Å². The summed E-state index contributed by atoms with van der Waals surface area (Å²) in [7, 11) is 0. The number of carbonyl (C=O) groups excluding carboxylic acids is 2. The van der Waals surface area contributed by atoms with E-state index in [9.17, 15) is 9.59 Å². The highest BCUT2D eigenvalue weighted by molar-refractivity contribution is 6.06. The lowest BCUT2D eigenvalue weighted by atomic mass is 9.80. The monoisotopic (exact) mass is 334 g/mol. The van der Waals surface area contributed by atoms with Gasteiger partial charge in [-0.15, -0.1) is 0 Å². The topological polar surface area (TPSA) is 43.4 Å². The third-order valence-electron chi connectivity index (χ3n) is 4.69. The number of ketones is 1. The molecule has 0 unspecified atom stereocenters. The fraction of sp³-hybridized carbons (Fsp3) is 0.273. The first-order valence-electron chi connectivity index (χ1n) is 8.64. The SMILES string of the molecule is CCOC(=O)C1=CC[C@@H](c2ccccc2)[C@@H]1C(=O)c1ccc(C)cc1. The lowest BCUT2D eigenvalue weighted by Crippen LogP contribution is -2.25. The Labute approximate surface area is 148 Å². The van der Waals surface area contributed by atoms with Crippen LogP contribution in [-0.4, -0.2) is 18.4 Å². The number of allylic oxidation sites excluding steroid dienone is 1. The molecule has 1 aliphatic carbocycles. The van der Waals surface area contributed by atoms with Gasteiger partial charge in [-0.25, -0.2) is 4.79 Å². The van der Waals surface area contributed by atoms with Gasteiger partial charge in [-0.2, -0.15) is 0 Å². The lowest BCUT2D eigenvalue weighted by Gasteiger charge is -2.22. The molecular formula is C22H22O3. The molecule has 2 aromatic carbocycles. The van der Waals surface area contributed by atoms with Gasteiger partial charge in [0.1, 0.15) is 0 Å². The summed E-state index contributed by atoms with van der Waals surface area (Å²) in [5.41, 5.74) is 3.29. The highest BCUT2D eigenvalue weighted by Gasteiger charge is 2.40. The van der Waals surface area contributed by atoms with Gasteiger partial charge in [0.05, 0.1) is 12.5 Å². The highest BCUT2D eigenvalue weighted by atomic mass is 16.5. The summed E-state index contributed by atoms with van der Waals surface area (Å²) in [4.78, 5) is 25.6. The van der Waals surface area contributed by atoms with E-state index in [-0.39, 0.29) is 17.7 Å². The quantitative estimate of drug-likeness (QED) is 0.598. The summed E-state index contributed by atoms with van der Waals surface area (Å²) in [6, 6.07) is 17.4. The van der Waals surface area contributed by atoms with Crippen LogP contribution in [0.25, 0.3) is 0 Å². The van der Waals surface area contributed by atoms with Gasteiger partial charge in [0.25, 0.3) is 0 Å². The zero-order valence-electron chi connectivity index (χ0n) is 14.6. The molecule has 0 aliphatic heterocycles. The molecule has 0 aromatic heterocycles. The molecule has 128 valence electrons. The number of aryl methyl sites for hydroxylation is 1. The fourth-order valence-corrected chi connectivity index (χ4v) is 3.41. The Morgan fingerprint density at radius 3 is 2.36 bits per heavy atom. The third-order valence-corrected chi connectivity index (χ3v) is 4.69. The summed E-state index contributed by atoms with van der Waals surface area (Å²) < 4.78 is 5.19. The van der Waals surface area contributed by atoms with Crippen molar-refractivity contribution < 1.29 is 14.3 Å². The Bertz CT molecular complexity index is 788. The molecule has 0 saturated carbocycles. The van der Waals surface area contributed by atoms with Crippen molar-refractivity contribution in [1.82, 2.24) is 0 Å². The summed E-state index contributed by atoms with van der Waals surface area (Å²) in [5, 5.41) is 0. The lowest BCUT2D eigenvalue weighted by molar-refractivity contribution is -0.138. The summed E-state index contributed by atoms with van der Waals surface area (Å²) in [6.45, 7) is 4.07. The van der Waals surface area contributed by atoms with E-state index >= 15 is 0 Å². The number of Topliss-reactive ketones (excluding diaryl/α,β-unsaturated/α-hetero) is 1. The smallest absolute Gasteiger partial charge is 0.334 e. The molecule has 0 heterocycles. The average Bonchev–Trinajstić information content (AvgIpc) is 3.08. The van der Waals surface area contributed by atoms with Crippen LogP contribution in [-0.2, 0) is 9.53 Å². The predicted octanol–water partition coefficient (Wildman–Crippen LogP) is 4.47. The standard InChI is InChI=1S/C22H22O3/c1-3-25-22(24)19-14-13-18(16-7-5-4-6-8-16)20(19)21(23)17-11-9-15(2)10-12-17/h4-12,14,18,20H,3,13H2,1-2H3/t18-,20-/m0/s1. The second-order valence-electron chi connectivity index (χ2n) is 6.34. The van der Waals surface area contributed by atoms with Crippen LogP contribution in [0.4, 0.5) is 0 Å². The molecule has 25 heavy (non-hydrogen) atoms. The van der Waals surface area contributed by atoms with Crippen molar-refractivity contribution in [2.75, 3.05) is 6.61 Å². The Hall–Kier alpha value is -2.68. The van der Waals surface area contributed by atoms with Crippen LogP contribution in [0.3, 0.4) is 0 Å². The van der Waals surface area contributed by atoms with Crippen molar-refractivity contribution in [1.29, 1.82) is 0 Å². The molecule has 2 atom stereocenters. The molecule has 0 spiro atoms. The second-order valence-corrected chi connectivity index (χ2v) is 6.34. The Balaban J connectivity index is 1.97. The normalized spacial score (nSPS) is 19.4. The number of esters is 1. The van der Waals surface area contributed by atoms with Gasteiger partial charge in [0.2, 0.25) is 0 Å². The maximum atomic E-state index is 13.2. The van der Waals surface area contributed by atoms with Crippen LogP contribution in [0, 0.1) is 12.8 Å². The van der Waals surface area contributed by atoms with Gasteiger partial charge in [-0.05, 0) is 25.8 Å². The minimum Gasteiger partial charge on any atom is -0.463 e. The second kappa shape index (κ2) is 7.47. The maximum Gasteiger partial charge on any atom is 0.334 e. The van der Waals surface area contributed by atoms with Crippen molar-refractivity contribution in [2.24, 2.45) is 5.92 Å². The minimum atomic E-state index is -0.496. The summed E-state index contributed by atoms with van der Waals surface area (Å²) >= 11 is 0. The van der Waals surface area contributed by atoms with Gasteiger partial charge in [-0.1, -0.05) is 66.2 Å². The Morgan fingerprint density at radius 1 is 1.04 bits per heavy atom. The third kappa shape index (κ3) is 3.55. The van der Waals surface area contributed by atoms with E-state index in [0.29, 0.717) is 24.2 Å². The first-order valence-corrected chi connectivity index (χ1v) is 8.64. The van der Waals surface area contributed by atoms with Gasteiger partial charge in [0, 0.05) is 17.1 Å². The first-order chi connectivity index (χ1) is 12.1. The summed E-state index contributed by atoms with van der Waals surface area (Å²) in [5.74, 6) is -0.935. The zero-order valence-corrected chi connectivity index (χ0v) is 14.6. The Kier molecular flexibility index (Phi) is 5.13. The van der Waals surface area contributed by atoms with Gasteiger partial charge in [0.15, 0.2) is 5.78 Å². The maximum absolute atomic E-state index is 13.2. The molecule has 0 amide bonds. The van der Waals surface area contributed by atoms with E-state index in [4.69, 9.17) is 4.74 Å². The molecular weight excluding hydrogens is 312 g/mol. The van der Waals surface area contributed by atoms with Gasteiger partial charge in [-0.3, -0.25) is 4.79 Å². The molecule has 0 saturated heterocycles. The number of rotatable bonds is 5. The predicted molar refractivity (Wildman–Crippen MR) is 97.5 cm³/mol. The van der Waals surface area contributed by atoms with Crippen LogP contribution in [0.15, 0.2) is 66.2 Å². The van der Waals surface area contributed by atoms with Crippen LogP contribution < -0.4 is 0 Å². The molecule has 3 nitrogen and oxygen atoms in total. The van der Waals surface area contributed by atoms with Crippen molar-refractivity contribution in [3.8, 4) is 0 Å². The molecule has 0 N–H and O–H groups in total. The van der Waals surface area contributed by atoms with Crippen LogP contribution >= 0.6 is 0 Å².